The second-order valence-corrected chi connectivity index (χ2v) is 5.28. The molecular formula is C14H21N5O2. The van der Waals surface area contributed by atoms with Gasteiger partial charge in [-0.3, -0.25) is 9.89 Å². The molecule has 2 rings (SSSR count). The minimum atomic E-state index is -0.295. The smallest absolute Gasteiger partial charge is 0.319 e. The molecule has 1 atom stereocenters. The standard InChI is InChI=1S/C14H21N5O2/c1-7-11(8(2)19-18-7)5-6-15-13(20)12-9(3)16-14(21)17-10(12)4/h9H,5-6H2,1-4H3,(H,15,20)(H,18,19)(H2,16,17,21)/t9-/m0/s1. The minimum Gasteiger partial charge on any atom is -0.352 e. The maximum Gasteiger partial charge on any atom is 0.319 e. The van der Waals surface area contributed by atoms with E-state index in [1.54, 1.807) is 13.8 Å². The van der Waals surface area contributed by atoms with E-state index in [0.29, 0.717) is 17.8 Å². The number of carbonyl (C=O) groups is 2. The third-order valence-corrected chi connectivity index (χ3v) is 3.67. The third-order valence-electron chi connectivity index (χ3n) is 3.67. The Morgan fingerprint density at radius 3 is 2.62 bits per heavy atom. The number of urea groups is 1. The highest BCUT2D eigenvalue weighted by Crippen LogP contribution is 2.12. The highest BCUT2D eigenvalue weighted by Gasteiger charge is 2.26. The van der Waals surface area contributed by atoms with E-state index in [1.807, 2.05) is 13.8 Å². The van der Waals surface area contributed by atoms with E-state index in [0.717, 1.165) is 23.4 Å². The number of rotatable bonds is 4. The highest BCUT2D eigenvalue weighted by atomic mass is 16.2. The van der Waals surface area contributed by atoms with Crippen LogP contribution >= 0.6 is 0 Å². The predicted octanol–water partition coefficient (Wildman–Crippen LogP) is 0.661. The minimum absolute atomic E-state index is 0.161. The van der Waals surface area contributed by atoms with Gasteiger partial charge in [0, 0.05) is 17.9 Å². The lowest BCUT2D eigenvalue weighted by Gasteiger charge is -2.25. The summed E-state index contributed by atoms with van der Waals surface area (Å²) in [6.07, 6.45) is 0.723. The largest absolute Gasteiger partial charge is 0.352 e. The lowest BCUT2D eigenvalue weighted by molar-refractivity contribution is -0.117. The van der Waals surface area contributed by atoms with E-state index in [2.05, 4.69) is 26.1 Å². The van der Waals surface area contributed by atoms with Crippen LogP contribution in [0.1, 0.15) is 30.8 Å². The average Bonchev–Trinajstić information content (AvgIpc) is 2.69. The van der Waals surface area contributed by atoms with Crippen molar-refractivity contribution in [3.05, 3.63) is 28.2 Å². The number of amides is 3. The van der Waals surface area contributed by atoms with Crippen LogP contribution in [0.5, 0.6) is 0 Å². The van der Waals surface area contributed by atoms with Gasteiger partial charge in [-0.25, -0.2) is 4.79 Å². The molecule has 0 aromatic carbocycles. The van der Waals surface area contributed by atoms with Crippen LogP contribution in [0, 0.1) is 13.8 Å². The zero-order chi connectivity index (χ0) is 15.6. The SMILES string of the molecule is CC1=C(C(=O)NCCc2c(C)n[nH]c2C)[C@H](C)NC(=O)N1. The molecule has 0 fully saturated rings. The molecule has 0 saturated carbocycles. The number of hydrogen-bond acceptors (Lipinski definition) is 3. The van der Waals surface area contributed by atoms with E-state index in [9.17, 15) is 9.59 Å². The fraction of sp³-hybridized carbons (Fsp3) is 0.500. The van der Waals surface area contributed by atoms with Crippen LogP contribution in [0.2, 0.25) is 0 Å². The number of aromatic nitrogens is 2. The van der Waals surface area contributed by atoms with Gasteiger partial charge in [0.1, 0.15) is 0 Å². The molecule has 0 spiro atoms. The van der Waals surface area contributed by atoms with Gasteiger partial charge in [-0.2, -0.15) is 5.10 Å². The first-order valence-corrected chi connectivity index (χ1v) is 6.97. The number of hydrogen-bond donors (Lipinski definition) is 4. The Morgan fingerprint density at radius 1 is 1.33 bits per heavy atom. The zero-order valence-corrected chi connectivity index (χ0v) is 12.8. The molecular weight excluding hydrogens is 270 g/mol. The molecule has 4 N–H and O–H groups in total. The van der Waals surface area contributed by atoms with Crippen LogP contribution < -0.4 is 16.0 Å². The Labute approximate surface area is 123 Å². The van der Waals surface area contributed by atoms with Gasteiger partial charge in [-0.05, 0) is 39.7 Å². The molecule has 2 heterocycles. The van der Waals surface area contributed by atoms with E-state index < -0.39 is 0 Å². The monoisotopic (exact) mass is 291 g/mol. The van der Waals surface area contributed by atoms with Crippen molar-refractivity contribution in [3.63, 3.8) is 0 Å². The van der Waals surface area contributed by atoms with Crippen molar-refractivity contribution in [1.29, 1.82) is 0 Å². The van der Waals surface area contributed by atoms with Crippen molar-refractivity contribution >= 4 is 11.9 Å². The summed E-state index contributed by atoms with van der Waals surface area (Å²) in [5, 5.41) is 15.2. The molecule has 1 aromatic rings. The van der Waals surface area contributed by atoms with Crippen LogP contribution in [0.3, 0.4) is 0 Å². The Hall–Kier alpha value is -2.31. The molecule has 1 aliphatic heterocycles. The molecule has 3 amide bonds. The Bertz CT molecular complexity index is 583. The van der Waals surface area contributed by atoms with Gasteiger partial charge < -0.3 is 16.0 Å². The lowest BCUT2D eigenvalue weighted by Crippen LogP contribution is -2.50. The maximum absolute atomic E-state index is 12.2. The maximum atomic E-state index is 12.2. The van der Waals surface area contributed by atoms with Gasteiger partial charge in [-0.1, -0.05) is 0 Å². The molecule has 21 heavy (non-hydrogen) atoms. The summed E-state index contributed by atoms with van der Waals surface area (Å²) in [5.41, 5.74) is 4.27. The Kier molecular flexibility index (Phi) is 4.30. The number of H-pyrrole nitrogens is 1. The normalized spacial score (nSPS) is 18.3. The van der Waals surface area contributed by atoms with Gasteiger partial charge in [0.2, 0.25) is 0 Å². The van der Waals surface area contributed by atoms with Crippen LogP contribution in [0.4, 0.5) is 4.79 Å². The fourth-order valence-corrected chi connectivity index (χ4v) is 2.57. The van der Waals surface area contributed by atoms with Gasteiger partial charge in [-0.15, -0.1) is 0 Å². The van der Waals surface area contributed by atoms with Gasteiger partial charge >= 0.3 is 6.03 Å². The summed E-state index contributed by atoms with van der Waals surface area (Å²) < 4.78 is 0. The molecule has 7 nitrogen and oxygen atoms in total. The van der Waals surface area contributed by atoms with E-state index in [4.69, 9.17) is 0 Å². The van der Waals surface area contributed by atoms with Crippen molar-refractivity contribution in [2.45, 2.75) is 40.2 Å². The number of aromatic amines is 1. The first-order valence-electron chi connectivity index (χ1n) is 6.97. The molecule has 0 radical (unpaired) electrons. The van der Waals surface area contributed by atoms with Gasteiger partial charge in [0.05, 0.1) is 17.3 Å². The van der Waals surface area contributed by atoms with Gasteiger partial charge in [0.15, 0.2) is 0 Å². The van der Waals surface area contributed by atoms with Crippen LogP contribution in [0.25, 0.3) is 0 Å². The second kappa shape index (κ2) is 5.99. The lowest BCUT2D eigenvalue weighted by atomic mass is 10.0. The van der Waals surface area contributed by atoms with Crippen LogP contribution in [-0.2, 0) is 11.2 Å². The number of nitrogens with one attached hydrogen (secondary N) is 4. The summed E-state index contributed by atoms with van der Waals surface area (Å²) in [5.74, 6) is -0.161. The number of carbonyl (C=O) groups excluding carboxylic acids is 2. The first kappa shape index (κ1) is 15.1. The summed E-state index contributed by atoms with van der Waals surface area (Å²) in [6, 6.07) is -0.572. The van der Waals surface area contributed by atoms with E-state index in [-0.39, 0.29) is 18.0 Å². The van der Waals surface area contributed by atoms with Crippen molar-refractivity contribution < 1.29 is 9.59 Å². The van der Waals surface area contributed by atoms with Crippen LogP contribution in [0.15, 0.2) is 11.3 Å². The number of nitrogens with zero attached hydrogens (tertiary/aromatic N) is 1. The molecule has 7 heteroatoms. The van der Waals surface area contributed by atoms with Crippen molar-refractivity contribution in [3.8, 4) is 0 Å². The van der Waals surface area contributed by atoms with E-state index >= 15 is 0 Å². The van der Waals surface area contributed by atoms with Gasteiger partial charge in [0.25, 0.3) is 5.91 Å². The molecule has 114 valence electrons. The van der Waals surface area contributed by atoms with Crippen LogP contribution in [-0.4, -0.2) is 34.7 Å². The predicted molar refractivity (Wildman–Crippen MR) is 78.6 cm³/mol. The summed E-state index contributed by atoms with van der Waals surface area (Å²) in [7, 11) is 0. The van der Waals surface area contributed by atoms with E-state index in [1.165, 1.54) is 0 Å². The summed E-state index contributed by atoms with van der Waals surface area (Å²) in [6.45, 7) is 7.95. The molecule has 0 unspecified atom stereocenters. The molecule has 1 aromatic heterocycles. The topological polar surface area (TPSA) is 98.9 Å². The summed E-state index contributed by atoms with van der Waals surface area (Å²) >= 11 is 0. The highest BCUT2D eigenvalue weighted by molar-refractivity contribution is 5.98. The fourth-order valence-electron chi connectivity index (χ4n) is 2.57. The van der Waals surface area contributed by atoms with Crippen molar-refractivity contribution in [1.82, 2.24) is 26.1 Å². The Balaban J connectivity index is 1.96. The van der Waals surface area contributed by atoms with Crippen molar-refractivity contribution in [2.75, 3.05) is 6.54 Å². The Morgan fingerprint density at radius 2 is 2.05 bits per heavy atom. The quantitative estimate of drug-likeness (QED) is 0.656. The molecule has 0 aliphatic carbocycles. The molecule has 0 saturated heterocycles. The first-order chi connectivity index (χ1) is 9.90. The number of aryl methyl sites for hydroxylation is 2. The summed E-state index contributed by atoms with van der Waals surface area (Å²) in [4.78, 5) is 23.5. The number of allylic oxidation sites excluding steroid dienone is 1. The second-order valence-electron chi connectivity index (χ2n) is 5.28. The molecule has 1 aliphatic rings. The zero-order valence-electron chi connectivity index (χ0n) is 12.8. The average molecular weight is 291 g/mol. The molecule has 0 bridgehead atoms. The van der Waals surface area contributed by atoms with Crippen molar-refractivity contribution in [2.24, 2.45) is 0 Å². The third kappa shape index (κ3) is 3.24.